The standard InChI is InChI=1S/C51H32N6/c52-29-44-47(38-15-7-23-53-30-38)48(39-16-8-24-54-31-39)49(40-17-9-25-55-32-40)50(41-18-10-26-56-33-41)51(44)57-45-21-19-36(34-11-3-1-4-12-34)27-42(45)43-28-37(20-22-46(43)57)35-13-5-2-6-14-35/h1-28,30-33H. The van der Waals surface area contributed by atoms with Gasteiger partial charge in [0, 0.05) is 105 Å². The molecule has 0 N–H and O–H groups in total. The summed E-state index contributed by atoms with van der Waals surface area (Å²) in [5.41, 5.74) is 14.5. The first-order valence-corrected chi connectivity index (χ1v) is 18.7. The number of pyridine rings is 4. The summed E-state index contributed by atoms with van der Waals surface area (Å²) in [4.78, 5) is 18.4. The maximum absolute atomic E-state index is 11.7. The van der Waals surface area contributed by atoms with Crippen LogP contribution in [0.25, 0.3) is 94.3 Å². The highest BCUT2D eigenvalue weighted by Gasteiger charge is 2.31. The summed E-state index contributed by atoms with van der Waals surface area (Å²) in [5, 5.41) is 13.8. The van der Waals surface area contributed by atoms with Crippen molar-refractivity contribution in [3.05, 3.63) is 201 Å². The summed E-state index contributed by atoms with van der Waals surface area (Å²) in [5.74, 6) is 0. The Morgan fingerprint density at radius 1 is 0.368 bits per heavy atom. The second-order valence-electron chi connectivity index (χ2n) is 13.8. The molecule has 57 heavy (non-hydrogen) atoms. The van der Waals surface area contributed by atoms with Crippen molar-refractivity contribution >= 4 is 21.8 Å². The molecular weight excluding hydrogens is 697 g/mol. The smallest absolute Gasteiger partial charge is 0.102 e. The summed E-state index contributed by atoms with van der Waals surface area (Å²) < 4.78 is 2.28. The molecule has 0 aliphatic heterocycles. The molecule has 5 aromatic heterocycles. The molecule has 0 saturated carbocycles. The van der Waals surface area contributed by atoms with Gasteiger partial charge in [-0.1, -0.05) is 97.1 Å². The molecule has 6 nitrogen and oxygen atoms in total. The van der Waals surface area contributed by atoms with E-state index in [-0.39, 0.29) is 0 Å². The van der Waals surface area contributed by atoms with Crippen molar-refractivity contribution in [2.45, 2.75) is 0 Å². The van der Waals surface area contributed by atoms with Crippen molar-refractivity contribution in [1.29, 1.82) is 5.26 Å². The number of benzene rings is 5. The lowest BCUT2D eigenvalue weighted by Gasteiger charge is -2.26. The highest BCUT2D eigenvalue weighted by molar-refractivity contribution is 6.14. The van der Waals surface area contributed by atoms with E-state index in [2.05, 4.69) is 128 Å². The minimum absolute atomic E-state index is 0.506. The van der Waals surface area contributed by atoms with Gasteiger partial charge in [-0.3, -0.25) is 19.9 Å². The first-order chi connectivity index (χ1) is 28.3. The van der Waals surface area contributed by atoms with Crippen LogP contribution in [0, 0.1) is 11.3 Å². The molecule has 0 aliphatic carbocycles. The van der Waals surface area contributed by atoms with Crippen LogP contribution in [-0.2, 0) is 0 Å². The summed E-state index contributed by atoms with van der Waals surface area (Å²) in [7, 11) is 0. The predicted octanol–water partition coefficient (Wildman–Crippen LogP) is 12.2. The van der Waals surface area contributed by atoms with E-state index in [4.69, 9.17) is 0 Å². The minimum Gasteiger partial charge on any atom is -0.307 e. The SMILES string of the molecule is N#Cc1c(-c2cccnc2)c(-c2cccnc2)c(-c2cccnc2)c(-c2cccnc2)c1-n1c2ccc(-c3ccccc3)cc2c2cc(-c3ccccc3)ccc21. The largest absolute Gasteiger partial charge is 0.307 e. The Morgan fingerprint density at radius 3 is 1.16 bits per heavy atom. The molecule has 266 valence electrons. The maximum Gasteiger partial charge on any atom is 0.102 e. The molecule has 5 aromatic carbocycles. The van der Waals surface area contributed by atoms with Gasteiger partial charge >= 0.3 is 0 Å². The van der Waals surface area contributed by atoms with Crippen LogP contribution in [0.15, 0.2) is 195 Å². The third kappa shape index (κ3) is 5.83. The van der Waals surface area contributed by atoms with Crippen LogP contribution < -0.4 is 0 Å². The van der Waals surface area contributed by atoms with Crippen molar-refractivity contribution < 1.29 is 0 Å². The molecule has 0 spiro atoms. The average molecular weight is 729 g/mol. The van der Waals surface area contributed by atoms with Gasteiger partial charge in [-0.15, -0.1) is 0 Å². The number of rotatable bonds is 7. The Balaban J connectivity index is 1.44. The second kappa shape index (κ2) is 14.3. The van der Waals surface area contributed by atoms with Crippen LogP contribution in [0.3, 0.4) is 0 Å². The third-order valence-electron chi connectivity index (χ3n) is 10.6. The molecule has 5 heterocycles. The van der Waals surface area contributed by atoms with E-state index in [9.17, 15) is 5.26 Å². The monoisotopic (exact) mass is 728 g/mol. The van der Waals surface area contributed by atoms with E-state index in [0.29, 0.717) is 5.56 Å². The van der Waals surface area contributed by atoms with Crippen molar-refractivity contribution in [2.24, 2.45) is 0 Å². The molecular formula is C51H32N6. The fourth-order valence-electron chi connectivity index (χ4n) is 8.14. The van der Waals surface area contributed by atoms with Crippen molar-refractivity contribution in [3.63, 3.8) is 0 Å². The summed E-state index contributed by atoms with van der Waals surface area (Å²) >= 11 is 0. The number of hydrogen-bond acceptors (Lipinski definition) is 5. The van der Waals surface area contributed by atoms with E-state index in [1.807, 2.05) is 73.3 Å². The van der Waals surface area contributed by atoms with Gasteiger partial charge in [0.1, 0.15) is 6.07 Å². The van der Waals surface area contributed by atoms with Gasteiger partial charge < -0.3 is 4.57 Å². The summed E-state index contributed by atoms with van der Waals surface area (Å²) in [6.07, 6.45) is 14.6. The van der Waals surface area contributed by atoms with Gasteiger partial charge in [0.2, 0.25) is 0 Å². The second-order valence-corrected chi connectivity index (χ2v) is 13.8. The van der Waals surface area contributed by atoms with Crippen LogP contribution >= 0.6 is 0 Å². The van der Waals surface area contributed by atoms with Crippen LogP contribution in [0.1, 0.15) is 5.56 Å². The normalized spacial score (nSPS) is 11.1. The summed E-state index contributed by atoms with van der Waals surface area (Å²) in [6.45, 7) is 0. The predicted molar refractivity (Wildman–Crippen MR) is 229 cm³/mol. The van der Waals surface area contributed by atoms with E-state index in [1.54, 1.807) is 24.8 Å². The Morgan fingerprint density at radius 2 is 0.754 bits per heavy atom. The molecule has 0 atom stereocenters. The van der Waals surface area contributed by atoms with Crippen molar-refractivity contribution in [1.82, 2.24) is 24.5 Å². The maximum atomic E-state index is 11.7. The van der Waals surface area contributed by atoms with Gasteiger partial charge in [-0.2, -0.15) is 5.26 Å². The molecule has 0 aliphatic rings. The van der Waals surface area contributed by atoms with Gasteiger partial charge in [0.05, 0.1) is 22.3 Å². The first-order valence-electron chi connectivity index (χ1n) is 18.7. The molecule has 0 amide bonds. The Labute approximate surface area is 329 Å². The van der Waals surface area contributed by atoms with Crippen LogP contribution in [0.5, 0.6) is 0 Å². The van der Waals surface area contributed by atoms with E-state index in [0.717, 1.165) is 94.3 Å². The molecule has 0 saturated heterocycles. The fourth-order valence-corrected chi connectivity index (χ4v) is 8.14. The highest BCUT2D eigenvalue weighted by Crippen LogP contribution is 2.52. The lowest BCUT2D eigenvalue weighted by atomic mass is 9.80. The molecule has 10 aromatic rings. The first kappa shape index (κ1) is 33.6. The van der Waals surface area contributed by atoms with E-state index < -0.39 is 0 Å². The highest BCUT2D eigenvalue weighted by atomic mass is 15.0. The molecule has 0 unspecified atom stereocenters. The lowest BCUT2D eigenvalue weighted by molar-refractivity contribution is 1.17. The van der Waals surface area contributed by atoms with Gasteiger partial charge in [-0.05, 0) is 70.8 Å². The number of nitriles is 1. The minimum atomic E-state index is 0.506. The number of aromatic nitrogens is 5. The lowest BCUT2D eigenvalue weighted by Crippen LogP contribution is -2.07. The van der Waals surface area contributed by atoms with Crippen LogP contribution in [0.4, 0.5) is 0 Å². The Kier molecular flexibility index (Phi) is 8.44. The van der Waals surface area contributed by atoms with Crippen LogP contribution in [-0.4, -0.2) is 24.5 Å². The zero-order valence-electron chi connectivity index (χ0n) is 30.7. The molecule has 10 rings (SSSR count). The molecule has 0 radical (unpaired) electrons. The van der Waals surface area contributed by atoms with Crippen molar-refractivity contribution in [3.8, 4) is 78.5 Å². The third-order valence-corrected chi connectivity index (χ3v) is 10.6. The van der Waals surface area contributed by atoms with Crippen LogP contribution in [0.2, 0.25) is 0 Å². The number of nitrogens with zero attached hydrogens (tertiary/aromatic N) is 6. The van der Waals surface area contributed by atoms with Gasteiger partial charge in [0.15, 0.2) is 0 Å². The topological polar surface area (TPSA) is 80.3 Å². The summed E-state index contributed by atoms with van der Waals surface area (Å²) in [6, 6.07) is 52.9. The van der Waals surface area contributed by atoms with Gasteiger partial charge in [0.25, 0.3) is 0 Å². The number of fused-ring (bicyclic) bond motifs is 3. The molecule has 6 heteroatoms. The Bertz CT molecular complexity index is 2990. The molecule has 0 fully saturated rings. The molecule has 0 bridgehead atoms. The number of hydrogen-bond donors (Lipinski definition) is 0. The zero-order chi connectivity index (χ0) is 38.1. The van der Waals surface area contributed by atoms with E-state index in [1.165, 1.54) is 0 Å². The zero-order valence-corrected chi connectivity index (χ0v) is 30.7. The van der Waals surface area contributed by atoms with Gasteiger partial charge in [-0.25, -0.2) is 0 Å². The Hall–Kier alpha value is -8.01. The fraction of sp³-hybridized carbons (Fsp3) is 0. The van der Waals surface area contributed by atoms with E-state index >= 15 is 0 Å². The van der Waals surface area contributed by atoms with Crippen molar-refractivity contribution in [2.75, 3.05) is 0 Å². The average Bonchev–Trinajstić information content (AvgIpc) is 3.62. The quantitative estimate of drug-likeness (QED) is 0.163.